The van der Waals surface area contributed by atoms with Gasteiger partial charge in [0.05, 0.1) is 11.4 Å². The molecule has 0 aliphatic heterocycles. The Morgan fingerprint density at radius 2 is 2.18 bits per heavy atom. The van der Waals surface area contributed by atoms with Crippen LogP contribution in [0.25, 0.3) is 0 Å². The third kappa shape index (κ3) is 3.70. The maximum Gasteiger partial charge on any atom is 0.0772 e. The highest BCUT2D eigenvalue weighted by molar-refractivity contribution is 5.51. The fourth-order valence-electron chi connectivity index (χ4n) is 1.98. The van der Waals surface area contributed by atoms with Crippen molar-refractivity contribution in [1.29, 1.82) is 0 Å². The number of pyridine rings is 1. The van der Waals surface area contributed by atoms with Crippen LogP contribution in [0.3, 0.4) is 0 Å². The van der Waals surface area contributed by atoms with E-state index >= 15 is 0 Å². The van der Waals surface area contributed by atoms with Gasteiger partial charge in [0.25, 0.3) is 0 Å². The normalized spacial score (nSPS) is 12.5. The summed E-state index contributed by atoms with van der Waals surface area (Å²) in [5.41, 5.74) is 7.98. The molecule has 0 fully saturated rings. The zero-order chi connectivity index (χ0) is 12.7. The summed E-state index contributed by atoms with van der Waals surface area (Å²) in [4.78, 5) is 6.82. The first-order chi connectivity index (χ1) is 8.24. The Morgan fingerprint density at radius 3 is 2.76 bits per heavy atom. The molecule has 0 amide bonds. The lowest BCUT2D eigenvalue weighted by atomic mass is 10.1. The lowest BCUT2D eigenvalue weighted by Gasteiger charge is -2.32. The van der Waals surface area contributed by atoms with Gasteiger partial charge in [0.15, 0.2) is 0 Å². The lowest BCUT2D eigenvalue weighted by molar-refractivity contribution is 0.592. The summed E-state index contributed by atoms with van der Waals surface area (Å²) in [5.74, 6) is 0. The molecule has 0 bridgehead atoms. The summed E-state index contributed by atoms with van der Waals surface area (Å²) in [6, 6.07) is 4.67. The first-order valence-corrected chi connectivity index (χ1v) is 6.65. The predicted molar refractivity (Wildman–Crippen MR) is 74.1 cm³/mol. The lowest BCUT2D eigenvalue weighted by Crippen LogP contribution is -2.34. The predicted octanol–water partition coefficient (Wildman–Crippen LogP) is 2.95. The first kappa shape index (κ1) is 14.0. The van der Waals surface area contributed by atoms with Crippen molar-refractivity contribution < 1.29 is 0 Å². The molecule has 0 aromatic carbocycles. The van der Waals surface area contributed by atoms with Gasteiger partial charge in [0.2, 0.25) is 0 Å². The monoisotopic (exact) mass is 235 g/mol. The second-order valence-corrected chi connectivity index (χ2v) is 4.48. The van der Waals surface area contributed by atoms with E-state index in [0.717, 1.165) is 18.7 Å². The third-order valence-corrected chi connectivity index (χ3v) is 3.24. The number of nitrogens with zero attached hydrogens (tertiary/aromatic N) is 2. The van der Waals surface area contributed by atoms with Gasteiger partial charge in [-0.1, -0.05) is 20.3 Å². The highest BCUT2D eigenvalue weighted by Crippen LogP contribution is 2.22. The SMILES string of the molecule is CCCCN(c1cccnc1CN)C(C)CC. The zero-order valence-electron chi connectivity index (χ0n) is 11.3. The molecule has 3 heteroatoms. The number of rotatable bonds is 7. The molecule has 0 saturated heterocycles. The topological polar surface area (TPSA) is 42.2 Å². The number of aromatic nitrogens is 1. The van der Waals surface area contributed by atoms with Crippen molar-refractivity contribution in [2.75, 3.05) is 11.4 Å². The van der Waals surface area contributed by atoms with Crippen LogP contribution in [0, 0.1) is 0 Å². The summed E-state index contributed by atoms with van der Waals surface area (Å²) in [6.07, 6.45) is 5.39. The highest BCUT2D eigenvalue weighted by atomic mass is 15.2. The molecule has 17 heavy (non-hydrogen) atoms. The van der Waals surface area contributed by atoms with E-state index in [-0.39, 0.29) is 0 Å². The molecule has 1 aromatic rings. The number of unbranched alkanes of at least 4 members (excludes halogenated alkanes) is 1. The van der Waals surface area contributed by atoms with Gasteiger partial charge in [0.1, 0.15) is 0 Å². The van der Waals surface area contributed by atoms with E-state index in [1.54, 1.807) is 0 Å². The summed E-state index contributed by atoms with van der Waals surface area (Å²) < 4.78 is 0. The van der Waals surface area contributed by atoms with E-state index in [2.05, 4.69) is 36.7 Å². The largest absolute Gasteiger partial charge is 0.367 e. The van der Waals surface area contributed by atoms with Gasteiger partial charge < -0.3 is 10.6 Å². The van der Waals surface area contributed by atoms with Crippen molar-refractivity contribution in [3.05, 3.63) is 24.0 Å². The molecule has 1 heterocycles. The molecule has 0 saturated carbocycles. The van der Waals surface area contributed by atoms with E-state index in [1.165, 1.54) is 18.5 Å². The Balaban J connectivity index is 2.94. The summed E-state index contributed by atoms with van der Waals surface area (Å²) >= 11 is 0. The van der Waals surface area contributed by atoms with E-state index in [4.69, 9.17) is 5.73 Å². The van der Waals surface area contributed by atoms with E-state index in [1.807, 2.05) is 12.3 Å². The minimum absolute atomic E-state index is 0.509. The molecule has 2 N–H and O–H groups in total. The fourth-order valence-corrected chi connectivity index (χ4v) is 1.98. The Labute approximate surface area is 105 Å². The standard InChI is InChI=1S/C14H25N3/c1-4-6-10-17(12(3)5-2)14-8-7-9-16-13(14)11-15/h7-9,12H,4-6,10-11,15H2,1-3H3. The van der Waals surface area contributed by atoms with Crippen molar-refractivity contribution in [1.82, 2.24) is 4.98 Å². The average Bonchev–Trinajstić information content (AvgIpc) is 2.39. The van der Waals surface area contributed by atoms with Crippen molar-refractivity contribution in [2.45, 2.75) is 52.6 Å². The van der Waals surface area contributed by atoms with Crippen LogP contribution in [0.1, 0.15) is 45.7 Å². The summed E-state index contributed by atoms with van der Waals surface area (Å²) in [5, 5.41) is 0. The minimum Gasteiger partial charge on any atom is -0.367 e. The molecule has 1 aromatic heterocycles. The van der Waals surface area contributed by atoms with Gasteiger partial charge in [-0.25, -0.2) is 0 Å². The smallest absolute Gasteiger partial charge is 0.0772 e. The molecule has 0 spiro atoms. The van der Waals surface area contributed by atoms with Gasteiger partial charge >= 0.3 is 0 Å². The fraction of sp³-hybridized carbons (Fsp3) is 0.643. The van der Waals surface area contributed by atoms with Crippen LogP contribution in [-0.2, 0) is 6.54 Å². The molecule has 0 aliphatic rings. The Bertz CT molecular complexity index is 325. The Hall–Kier alpha value is -1.09. The van der Waals surface area contributed by atoms with Gasteiger partial charge in [-0.15, -0.1) is 0 Å². The summed E-state index contributed by atoms with van der Waals surface area (Å²) in [7, 11) is 0. The summed E-state index contributed by atoms with van der Waals surface area (Å²) in [6.45, 7) is 8.31. The van der Waals surface area contributed by atoms with E-state index in [9.17, 15) is 0 Å². The van der Waals surface area contributed by atoms with E-state index in [0.29, 0.717) is 12.6 Å². The van der Waals surface area contributed by atoms with Gasteiger partial charge in [-0.05, 0) is 31.9 Å². The quantitative estimate of drug-likeness (QED) is 0.790. The van der Waals surface area contributed by atoms with Gasteiger partial charge in [-0.3, -0.25) is 4.98 Å². The molecule has 3 nitrogen and oxygen atoms in total. The number of hydrogen-bond acceptors (Lipinski definition) is 3. The molecule has 1 unspecified atom stereocenters. The van der Waals surface area contributed by atoms with Crippen molar-refractivity contribution >= 4 is 5.69 Å². The van der Waals surface area contributed by atoms with Crippen LogP contribution >= 0.6 is 0 Å². The van der Waals surface area contributed by atoms with Crippen molar-refractivity contribution in [3.8, 4) is 0 Å². The molecule has 1 atom stereocenters. The average molecular weight is 235 g/mol. The van der Waals surface area contributed by atoms with Crippen LogP contribution < -0.4 is 10.6 Å². The van der Waals surface area contributed by atoms with Crippen molar-refractivity contribution in [3.63, 3.8) is 0 Å². The van der Waals surface area contributed by atoms with E-state index < -0.39 is 0 Å². The van der Waals surface area contributed by atoms with Crippen LogP contribution in [0.5, 0.6) is 0 Å². The molecule has 0 aliphatic carbocycles. The molecular weight excluding hydrogens is 210 g/mol. The van der Waals surface area contributed by atoms with Crippen LogP contribution in [0.15, 0.2) is 18.3 Å². The van der Waals surface area contributed by atoms with Crippen LogP contribution in [0.2, 0.25) is 0 Å². The highest BCUT2D eigenvalue weighted by Gasteiger charge is 2.15. The van der Waals surface area contributed by atoms with Crippen molar-refractivity contribution in [2.24, 2.45) is 5.73 Å². The van der Waals surface area contributed by atoms with Gasteiger partial charge in [-0.2, -0.15) is 0 Å². The Kier molecular flexibility index (Phi) is 5.98. The number of anilines is 1. The van der Waals surface area contributed by atoms with Crippen LogP contribution in [-0.4, -0.2) is 17.6 Å². The molecule has 96 valence electrons. The molecule has 1 rings (SSSR count). The minimum atomic E-state index is 0.509. The molecule has 0 radical (unpaired) electrons. The van der Waals surface area contributed by atoms with Gasteiger partial charge in [0, 0.05) is 25.3 Å². The maximum absolute atomic E-state index is 5.77. The second-order valence-electron chi connectivity index (χ2n) is 4.48. The number of hydrogen-bond donors (Lipinski definition) is 1. The molecular formula is C14H25N3. The Morgan fingerprint density at radius 1 is 1.41 bits per heavy atom. The number of nitrogens with two attached hydrogens (primary N) is 1. The maximum atomic E-state index is 5.77. The zero-order valence-corrected chi connectivity index (χ0v) is 11.3. The third-order valence-electron chi connectivity index (χ3n) is 3.24. The van der Waals surface area contributed by atoms with Crippen LogP contribution in [0.4, 0.5) is 5.69 Å². The first-order valence-electron chi connectivity index (χ1n) is 6.65. The second kappa shape index (κ2) is 7.28.